The van der Waals surface area contributed by atoms with Crippen LogP contribution in [0.15, 0.2) is 40.9 Å². The van der Waals surface area contributed by atoms with Gasteiger partial charge in [0.2, 0.25) is 0 Å². The quantitative estimate of drug-likeness (QED) is 0.773. The zero-order valence-electron chi connectivity index (χ0n) is 9.58. The summed E-state index contributed by atoms with van der Waals surface area (Å²) in [4.78, 5) is 0. The van der Waals surface area contributed by atoms with Crippen molar-refractivity contribution in [1.82, 2.24) is 0 Å². The molecule has 0 saturated heterocycles. The average molecular weight is 323 g/mol. The number of benzene rings is 2. The van der Waals surface area contributed by atoms with Gasteiger partial charge in [0.1, 0.15) is 17.6 Å². The van der Waals surface area contributed by atoms with Gasteiger partial charge in [-0.25, -0.2) is 0 Å². The van der Waals surface area contributed by atoms with Crippen molar-refractivity contribution in [1.29, 1.82) is 5.26 Å². The maximum absolute atomic E-state index is 9.03. The molecule has 2 aromatic rings. The van der Waals surface area contributed by atoms with Crippen LogP contribution in [0.5, 0.6) is 11.5 Å². The lowest BCUT2D eigenvalue weighted by molar-refractivity contribution is 0.477. The highest BCUT2D eigenvalue weighted by atomic mass is 79.9. The Morgan fingerprint density at radius 2 is 1.94 bits per heavy atom. The molecule has 2 aromatic carbocycles. The van der Waals surface area contributed by atoms with Gasteiger partial charge in [0.05, 0.1) is 5.56 Å². The van der Waals surface area contributed by atoms with Gasteiger partial charge in [-0.3, -0.25) is 0 Å². The first kappa shape index (κ1) is 12.9. The Kier molecular flexibility index (Phi) is 3.90. The Morgan fingerprint density at radius 1 is 1.17 bits per heavy atom. The monoisotopic (exact) mass is 321 g/mol. The summed E-state index contributed by atoms with van der Waals surface area (Å²) < 4.78 is 6.68. The van der Waals surface area contributed by atoms with Crippen molar-refractivity contribution < 1.29 is 4.74 Å². The predicted octanol–water partition coefficient (Wildman–Crippen LogP) is 5.07. The van der Waals surface area contributed by atoms with Crippen LogP contribution in [0.2, 0.25) is 5.02 Å². The molecular formula is C14H9BrClNO. The third kappa shape index (κ3) is 2.84. The molecule has 2 rings (SSSR count). The summed E-state index contributed by atoms with van der Waals surface area (Å²) in [5.41, 5.74) is 1.45. The van der Waals surface area contributed by atoms with Gasteiger partial charge in [-0.05, 0) is 36.8 Å². The zero-order chi connectivity index (χ0) is 13.1. The Balaban J connectivity index is 2.43. The summed E-state index contributed by atoms with van der Waals surface area (Å²) in [5, 5.41) is 9.57. The van der Waals surface area contributed by atoms with Crippen LogP contribution >= 0.6 is 27.5 Å². The number of nitriles is 1. The van der Waals surface area contributed by atoms with E-state index in [9.17, 15) is 0 Å². The Hall–Kier alpha value is -1.50. The van der Waals surface area contributed by atoms with Crippen molar-refractivity contribution in [3.05, 3.63) is 57.0 Å². The van der Waals surface area contributed by atoms with Crippen molar-refractivity contribution in [3.8, 4) is 17.6 Å². The van der Waals surface area contributed by atoms with Gasteiger partial charge in [0.25, 0.3) is 0 Å². The molecule has 18 heavy (non-hydrogen) atoms. The average Bonchev–Trinajstić information content (AvgIpc) is 2.34. The predicted molar refractivity (Wildman–Crippen MR) is 75.1 cm³/mol. The normalized spacial score (nSPS) is 9.89. The van der Waals surface area contributed by atoms with Gasteiger partial charge < -0.3 is 4.74 Å². The highest BCUT2D eigenvalue weighted by molar-refractivity contribution is 9.10. The molecule has 0 spiro atoms. The van der Waals surface area contributed by atoms with Crippen LogP contribution in [0.3, 0.4) is 0 Å². The van der Waals surface area contributed by atoms with E-state index in [1.807, 2.05) is 25.1 Å². The maximum Gasteiger partial charge on any atom is 0.146 e. The second-order valence-corrected chi connectivity index (χ2v) is 5.12. The molecule has 0 amide bonds. The standard InChI is InChI=1S/C14H9BrClNO/c1-9-2-4-11(15)6-13(9)18-14-7-12(16)5-3-10(14)8-17/h2-7H,1H3. The third-order valence-electron chi connectivity index (χ3n) is 2.43. The molecule has 0 N–H and O–H groups in total. The zero-order valence-corrected chi connectivity index (χ0v) is 11.9. The topological polar surface area (TPSA) is 33.0 Å². The van der Waals surface area contributed by atoms with Crippen molar-refractivity contribution in [3.63, 3.8) is 0 Å². The van der Waals surface area contributed by atoms with Gasteiger partial charge in [0, 0.05) is 15.6 Å². The number of hydrogen-bond acceptors (Lipinski definition) is 2. The summed E-state index contributed by atoms with van der Waals surface area (Å²) in [6, 6.07) is 12.8. The minimum Gasteiger partial charge on any atom is -0.456 e. The van der Waals surface area contributed by atoms with Crippen molar-refractivity contribution in [2.45, 2.75) is 6.92 Å². The van der Waals surface area contributed by atoms with Gasteiger partial charge in [-0.2, -0.15) is 5.26 Å². The Bertz CT molecular complexity index is 634. The largest absolute Gasteiger partial charge is 0.456 e. The van der Waals surface area contributed by atoms with Crippen molar-refractivity contribution in [2.24, 2.45) is 0 Å². The number of aryl methyl sites for hydroxylation is 1. The van der Waals surface area contributed by atoms with E-state index in [1.165, 1.54) is 0 Å². The molecule has 0 aliphatic rings. The van der Waals surface area contributed by atoms with Gasteiger partial charge >= 0.3 is 0 Å². The minimum atomic E-state index is 0.457. The third-order valence-corrected chi connectivity index (χ3v) is 3.16. The lowest BCUT2D eigenvalue weighted by Gasteiger charge is -2.10. The van der Waals surface area contributed by atoms with Crippen LogP contribution in [0, 0.1) is 18.3 Å². The first-order chi connectivity index (χ1) is 8.60. The summed E-state index contributed by atoms with van der Waals surface area (Å²) in [6.07, 6.45) is 0. The number of rotatable bonds is 2. The summed E-state index contributed by atoms with van der Waals surface area (Å²) >= 11 is 9.30. The summed E-state index contributed by atoms with van der Waals surface area (Å²) in [7, 11) is 0. The fourth-order valence-corrected chi connectivity index (χ4v) is 1.98. The molecule has 0 fully saturated rings. The van der Waals surface area contributed by atoms with Crippen LogP contribution in [0.25, 0.3) is 0 Å². The summed E-state index contributed by atoms with van der Waals surface area (Å²) in [5.74, 6) is 1.16. The van der Waals surface area contributed by atoms with E-state index >= 15 is 0 Å². The van der Waals surface area contributed by atoms with Crippen LogP contribution < -0.4 is 4.74 Å². The molecule has 0 heterocycles. The van der Waals surface area contributed by atoms with E-state index in [4.69, 9.17) is 21.6 Å². The van der Waals surface area contributed by atoms with Crippen molar-refractivity contribution in [2.75, 3.05) is 0 Å². The minimum absolute atomic E-state index is 0.457. The van der Waals surface area contributed by atoms with Crippen LogP contribution in [-0.2, 0) is 0 Å². The first-order valence-corrected chi connectivity index (χ1v) is 6.41. The molecular weight excluding hydrogens is 314 g/mol. The molecule has 0 bridgehead atoms. The smallest absolute Gasteiger partial charge is 0.146 e. The van der Waals surface area contributed by atoms with E-state index in [2.05, 4.69) is 22.0 Å². The fraction of sp³-hybridized carbons (Fsp3) is 0.0714. The number of ether oxygens (including phenoxy) is 1. The van der Waals surface area contributed by atoms with E-state index in [1.54, 1.807) is 18.2 Å². The van der Waals surface area contributed by atoms with Crippen LogP contribution in [-0.4, -0.2) is 0 Å². The second-order valence-electron chi connectivity index (χ2n) is 3.76. The Morgan fingerprint density at radius 3 is 2.67 bits per heavy atom. The molecule has 90 valence electrons. The second kappa shape index (κ2) is 5.43. The molecule has 0 saturated carbocycles. The highest BCUT2D eigenvalue weighted by Gasteiger charge is 2.08. The fourth-order valence-electron chi connectivity index (χ4n) is 1.48. The van der Waals surface area contributed by atoms with E-state index < -0.39 is 0 Å². The van der Waals surface area contributed by atoms with Crippen molar-refractivity contribution >= 4 is 27.5 Å². The molecule has 0 atom stereocenters. The van der Waals surface area contributed by atoms with Gasteiger partial charge in [-0.1, -0.05) is 33.6 Å². The van der Waals surface area contributed by atoms with Crippen LogP contribution in [0.4, 0.5) is 0 Å². The highest BCUT2D eigenvalue weighted by Crippen LogP contribution is 2.31. The summed E-state index contributed by atoms with van der Waals surface area (Å²) in [6.45, 7) is 1.94. The van der Waals surface area contributed by atoms with E-state index in [0.717, 1.165) is 10.0 Å². The molecule has 0 aromatic heterocycles. The lowest BCUT2D eigenvalue weighted by atomic mass is 10.2. The number of halogens is 2. The maximum atomic E-state index is 9.03. The lowest BCUT2D eigenvalue weighted by Crippen LogP contribution is -1.90. The SMILES string of the molecule is Cc1ccc(Br)cc1Oc1cc(Cl)ccc1C#N. The molecule has 0 unspecified atom stereocenters. The molecule has 0 aliphatic heterocycles. The molecule has 0 radical (unpaired) electrons. The molecule has 4 heteroatoms. The van der Waals surface area contributed by atoms with E-state index in [0.29, 0.717) is 22.1 Å². The van der Waals surface area contributed by atoms with Crippen LogP contribution in [0.1, 0.15) is 11.1 Å². The van der Waals surface area contributed by atoms with Gasteiger partial charge in [0.15, 0.2) is 0 Å². The number of nitrogens with zero attached hydrogens (tertiary/aromatic N) is 1. The van der Waals surface area contributed by atoms with Gasteiger partial charge in [-0.15, -0.1) is 0 Å². The van der Waals surface area contributed by atoms with E-state index in [-0.39, 0.29) is 0 Å². The molecule has 0 aliphatic carbocycles. The Labute approximate surface area is 119 Å². The molecule has 2 nitrogen and oxygen atoms in total. The number of hydrogen-bond donors (Lipinski definition) is 0. The first-order valence-electron chi connectivity index (χ1n) is 5.24.